The topological polar surface area (TPSA) is 83.7 Å². The van der Waals surface area contributed by atoms with Gasteiger partial charge in [0.05, 0.1) is 31.7 Å². The van der Waals surface area contributed by atoms with Gasteiger partial charge < -0.3 is 4.74 Å². The van der Waals surface area contributed by atoms with E-state index < -0.39 is 22.2 Å². The summed E-state index contributed by atoms with van der Waals surface area (Å²) in [6, 6.07) is 13.5. The van der Waals surface area contributed by atoms with Crippen LogP contribution < -0.4 is 9.64 Å². The zero-order chi connectivity index (χ0) is 19.3. The van der Waals surface area contributed by atoms with Crippen LogP contribution >= 0.6 is 0 Å². The van der Waals surface area contributed by atoms with Gasteiger partial charge in [-0.1, -0.05) is 24.3 Å². The second-order valence-electron chi connectivity index (χ2n) is 6.52. The molecular formula is C18H19N4O4S+. The van der Waals surface area contributed by atoms with Gasteiger partial charge in [0.2, 0.25) is 0 Å². The lowest BCUT2D eigenvalue weighted by Gasteiger charge is -2.29. The largest absolute Gasteiger partial charge is 0.496 e. The third kappa shape index (κ3) is 2.42. The second-order valence-corrected chi connectivity index (χ2v) is 8.31. The average molecular weight is 387 g/mol. The molecule has 4 rings (SSSR count). The van der Waals surface area contributed by atoms with Crippen LogP contribution in [0, 0.1) is 0 Å². The molecule has 8 nitrogen and oxygen atoms in total. The second kappa shape index (κ2) is 6.07. The van der Waals surface area contributed by atoms with Crippen LogP contribution in [0.4, 0.5) is 0 Å². The van der Waals surface area contributed by atoms with Crippen molar-refractivity contribution in [2.45, 2.75) is 11.2 Å². The Labute approximate surface area is 157 Å². The number of quaternary nitrogens is 1. The van der Waals surface area contributed by atoms with Gasteiger partial charge in [0.1, 0.15) is 5.75 Å². The standard InChI is InChI=1S/C18H18N4O4S/c1-20(2)18-21(17(23)12-8-4-6-10-14(12)26-3)19-16-13-9-5-7-11-15(13)27(24,25)22(16)18/h4-11,18H,1-3H3/p+1/t18-/m0/s1. The van der Waals surface area contributed by atoms with Crippen molar-refractivity contribution >= 4 is 21.8 Å². The minimum absolute atomic E-state index is 0.208. The lowest BCUT2D eigenvalue weighted by molar-refractivity contribution is -0.904. The van der Waals surface area contributed by atoms with E-state index in [9.17, 15) is 13.2 Å². The summed E-state index contributed by atoms with van der Waals surface area (Å²) in [5.74, 6) is 0.249. The van der Waals surface area contributed by atoms with Crippen LogP contribution in [0.2, 0.25) is 0 Å². The first-order chi connectivity index (χ1) is 12.9. The molecule has 0 saturated heterocycles. The SMILES string of the molecule is COc1ccccc1C(=O)N1N=C2c3ccccc3S(=O)(=O)N2[C@H]1[NH+](C)C. The highest BCUT2D eigenvalue weighted by molar-refractivity contribution is 7.90. The van der Waals surface area contributed by atoms with Gasteiger partial charge in [-0.05, 0) is 24.3 Å². The van der Waals surface area contributed by atoms with E-state index in [1.54, 1.807) is 62.6 Å². The molecule has 0 aromatic heterocycles. The van der Waals surface area contributed by atoms with Gasteiger partial charge in [-0.15, -0.1) is 5.10 Å². The summed E-state index contributed by atoms with van der Waals surface area (Å²) in [4.78, 5) is 14.1. The van der Waals surface area contributed by atoms with Crippen LogP contribution in [0.5, 0.6) is 5.75 Å². The Morgan fingerprint density at radius 1 is 1.11 bits per heavy atom. The van der Waals surface area contributed by atoms with E-state index in [1.165, 1.54) is 16.4 Å². The normalized spacial score (nSPS) is 19.7. The number of nitrogens with one attached hydrogen (secondary N) is 1. The van der Waals surface area contributed by atoms with Gasteiger partial charge in [-0.2, -0.15) is 9.31 Å². The molecule has 0 bridgehead atoms. The number of rotatable bonds is 3. The maximum Gasteiger partial charge on any atom is 0.284 e. The maximum absolute atomic E-state index is 13.2. The highest BCUT2D eigenvalue weighted by Crippen LogP contribution is 2.36. The van der Waals surface area contributed by atoms with Crippen molar-refractivity contribution in [2.24, 2.45) is 5.10 Å². The third-order valence-electron chi connectivity index (χ3n) is 4.59. The van der Waals surface area contributed by atoms with Gasteiger partial charge in [0, 0.05) is 5.56 Å². The molecule has 0 fully saturated rings. The number of sulfonamides is 1. The molecule has 140 valence electrons. The van der Waals surface area contributed by atoms with Crippen molar-refractivity contribution in [3.8, 4) is 5.75 Å². The number of methoxy groups -OCH3 is 1. The minimum atomic E-state index is -3.79. The van der Waals surface area contributed by atoms with Gasteiger partial charge in [0.25, 0.3) is 22.2 Å². The summed E-state index contributed by atoms with van der Waals surface area (Å²) in [5.41, 5.74) is 0.821. The lowest BCUT2D eigenvalue weighted by Crippen LogP contribution is -3.13. The molecule has 27 heavy (non-hydrogen) atoms. The summed E-state index contributed by atoms with van der Waals surface area (Å²) in [5, 5.41) is 5.63. The Kier molecular flexibility index (Phi) is 3.93. The molecule has 2 aromatic rings. The average Bonchev–Trinajstić information content (AvgIpc) is 3.17. The van der Waals surface area contributed by atoms with Crippen molar-refractivity contribution < 1.29 is 22.8 Å². The number of hydrogen-bond acceptors (Lipinski definition) is 5. The summed E-state index contributed by atoms with van der Waals surface area (Å²) in [7, 11) is 1.26. The number of carbonyl (C=O) groups is 1. The van der Waals surface area contributed by atoms with E-state index >= 15 is 0 Å². The van der Waals surface area contributed by atoms with E-state index in [0.29, 0.717) is 16.9 Å². The van der Waals surface area contributed by atoms with Gasteiger partial charge in [-0.3, -0.25) is 9.69 Å². The van der Waals surface area contributed by atoms with Crippen molar-refractivity contribution in [1.82, 2.24) is 9.31 Å². The first-order valence-corrected chi connectivity index (χ1v) is 9.81. The summed E-state index contributed by atoms with van der Waals surface area (Å²) >= 11 is 0. The molecule has 0 radical (unpaired) electrons. The first-order valence-electron chi connectivity index (χ1n) is 8.37. The number of carbonyl (C=O) groups excluding carboxylic acids is 1. The van der Waals surface area contributed by atoms with Crippen LogP contribution in [0.1, 0.15) is 15.9 Å². The molecule has 9 heteroatoms. The molecule has 1 amide bonds. The van der Waals surface area contributed by atoms with Gasteiger partial charge in [-0.25, -0.2) is 8.42 Å². The molecule has 2 aliphatic heterocycles. The Bertz CT molecular complexity index is 1060. The molecule has 2 heterocycles. The number of amidine groups is 1. The number of amides is 1. The molecule has 0 saturated carbocycles. The quantitative estimate of drug-likeness (QED) is 0.800. The molecule has 0 spiro atoms. The third-order valence-corrected chi connectivity index (χ3v) is 6.39. The highest BCUT2D eigenvalue weighted by Gasteiger charge is 2.54. The molecule has 2 aliphatic rings. The van der Waals surface area contributed by atoms with Crippen molar-refractivity contribution in [3.05, 3.63) is 59.7 Å². The van der Waals surface area contributed by atoms with E-state index in [2.05, 4.69) is 5.10 Å². The fourth-order valence-electron chi connectivity index (χ4n) is 3.40. The minimum Gasteiger partial charge on any atom is -0.496 e. The van der Waals surface area contributed by atoms with Crippen LogP contribution in [0.3, 0.4) is 0 Å². The highest BCUT2D eigenvalue weighted by atomic mass is 32.2. The van der Waals surface area contributed by atoms with Crippen LogP contribution in [0.15, 0.2) is 58.5 Å². The fraction of sp³-hybridized carbons (Fsp3) is 0.222. The summed E-state index contributed by atoms with van der Waals surface area (Å²) < 4.78 is 32.7. The summed E-state index contributed by atoms with van der Waals surface area (Å²) in [6.45, 7) is 0. The maximum atomic E-state index is 13.2. The Balaban J connectivity index is 1.86. The Hall–Kier alpha value is -2.91. The molecule has 1 N–H and O–H groups in total. The first kappa shape index (κ1) is 17.5. The van der Waals surface area contributed by atoms with E-state index in [4.69, 9.17) is 4.74 Å². The van der Waals surface area contributed by atoms with Crippen LogP contribution in [-0.2, 0) is 10.0 Å². The van der Waals surface area contributed by atoms with Gasteiger partial charge >= 0.3 is 0 Å². The predicted octanol–water partition coefficient (Wildman–Crippen LogP) is -0.0548. The number of benzene rings is 2. The van der Waals surface area contributed by atoms with Gasteiger partial charge in [0.15, 0.2) is 5.84 Å². The van der Waals surface area contributed by atoms with Crippen LogP contribution in [-0.4, -0.2) is 57.0 Å². The number of nitrogens with zero attached hydrogens (tertiary/aromatic N) is 3. The van der Waals surface area contributed by atoms with Crippen molar-refractivity contribution in [3.63, 3.8) is 0 Å². The van der Waals surface area contributed by atoms with E-state index in [-0.39, 0.29) is 10.7 Å². The van der Waals surface area contributed by atoms with Crippen molar-refractivity contribution in [2.75, 3.05) is 21.2 Å². The number of ether oxygens (including phenoxy) is 1. The molecular weight excluding hydrogens is 368 g/mol. The molecule has 2 aromatic carbocycles. The predicted molar refractivity (Wildman–Crippen MR) is 97.8 cm³/mol. The molecule has 0 unspecified atom stereocenters. The summed E-state index contributed by atoms with van der Waals surface area (Å²) in [6.07, 6.45) is -0.824. The lowest BCUT2D eigenvalue weighted by atomic mass is 10.2. The van der Waals surface area contributed by atoms with Crippen molar-refractivity contribution in [1.29, 1.82) is 0 Å². The molecule has 1 atom stereocenters. The van der Waals surface area contributed by atoms with Crippen LogP contribution in [0.25, 0.3) is 0 Å². The molecule has 0 aliphatic carbocycles. The smallest absolute Gasteiger partial charge is 0.284 e. The van der Waals surface area contributed by atoms with E-state index in [0.717, 1.165) is 4.90 Å². The Morgan fingerprint density at radius 2 is 1.78 bits per heavy atom. The number of fused-ring (bicyclic) bond motifs is 3. The Morgan fingerprint density at radius 3 is 2.48 bits per heavy atom. The zero-order valence-corrected chi connectivity index (χ0v) is 15.9. The monoisotopic (exact) mass is 387 g/mol. The fourth-order valence-corrected chi connectivity index (χ4v) is 5.22. The number of hydrazone groups is 1. The van der Waals surface area contributed by atoms with E-state index in [1.807, 2.05) is 0 Å². The number of hydrogen-bond donors (Lipinski definition) is 1. The zero-order valence-electron chi connectivity index (χ0n) is 15.1. The number of para-hydroxylation sites is 1.